The second kappa shape index (κ2) is 14.3. The molecule has 0 bridgehead atoms. The van der Waals surface area contributed by atoms with E-state index >= 15 is 0 Å². The van der Waals surface area contributed by atoms with Crippen molar-refractivity contribution in [3.63, 3.8) is 0 Å². The molecule has 2 atom stereocenters. The zero-order chi connectivity index (χ0) is 33.6. The van der Waals surface area contributed by atoms with E-state index in [4.69, 9.17) is 38.0 Å². The van der Waals surface area contributed by atoms with Crippen LogP contribution in [0.3, 0.4) is 0 Å². The summed E-state index contributed by atoms with van der Waals surface area (Å²) in [7, 11) is 7.87. The van der Waals surface area contributed by atoms with Gasteiger partial charge in [-0.25, -0.2) is 0 Å². The number of hydrogen-bond donors (Lipinski definition) is 2. The number of ether oxygens (including phenoxy) is 7. The topological polar surface area (TPSA) is 127 Å². The Morgan fingerprint density at radius 3 is 2.06 bits per heavy atom. The lowest BCUT2D eigenvalue weighted by Crippen LogP contribution is -2.38. The van der Waals surface area contributed by atoms with Crippen molar-refractivity contribution in [2.45, 2.75) is 18.7 Å². The van der Waals surface area contributed by atoms with Crippen LogP contribution in [-0.4, -0.2) is 60.4 Å². The van der Waals surface area contributed by atoms with E-state index in [-0.39, 0.29) is 25.2 Å². The molecule has 0 saturated heterocycles. The Morgan fingerprint density at radius 1 is 0.688 bits per heavy atom. The smallest absolute Gasteiger partial charge is 0.255 e. The molecule has 0 aliphatic carbocycles. The summed E-state index contributed by atoms with van der Waals surface area (Å²) in [5.41, 5.74) is 4.64. The highest BCUT2D eigenvalue weighted by Crippen LogP contribution is 2.42. The Balaban J connectivity index is 1.08. The van der Waals surface area contributed by atoms with Gasteiger partial charge in [0.1, 0.15) is 19.4 Å². The average molecular weight is 656 g/mol. The minimum absolute atomic E-state index is 0.142. The molecule has 0 fully saturated rings. The summed E-state index contributed by atoms with van der Waals surface area (Å²) in [5, 5.41) is 10.7. The highest BCUT2D eigenvalue weighted by atomic mass is 16.6. The number of para-hydroxylation sites is 1. The Bertz CT molecular complexity index is 1800. The SMILES string of the molecule is COc1cc(C2NC(=O)c3ccccc3N2)ccc1OCCOc1cc(C2=NOC(c3cc(OC)c(OC)c(OC)c3)C2)ccc1OC. The van der Waals surface area contributed by atoms with Crippen molar-refractivity contribution in [3.05, 3.63) is 95.1 Å². The van der Waals surface area contributed by atoms with Gasteiger partial charge in [-0.15, -0.1) is 0 Å². The number of fused-ring (bicyclic) bond motifs is 1. The van der Waals surface area contributed by atoms with Crippen LogP contribution >= 0.6 is 0 Å². The molecular weight excluding hydrogens is 618 g/mol. The number of rotatable bonds is 13. The molecule has 48 heavy (non-hydrogen) atoms. The predicted octanol–water partition coefficient (Wildman–Crippen LogP) is 5.91. The van der Waals surface area contributed by atoms with Gasteiger partial charge in [0.15, 0.2) is 40.6 Å². The van der Waals surface area contributed by atoms with Crippen LogP contribution in [0.25, 0.3) is 0 Å². The summed E-state index contributed by atoms with van der Waals surface area (Å²) < 4.78 is 39.7. The molecule has 2 aliphatic heterocycles. The molecule has 1 amide bonds. The highest BCUT2D eigenvalue weighted by Gasteiger charge is 2.28. The van der Waals surface area contributed by atoms with Gasteiger partial charge in [0.05, 0.1) is 46.8 Å². The molecule has 4 aromatic carbocycles. The van der Waals surface area contributed by atoms with Crippen LogP contribution in [0.4, 0.5) is 5.69 Å². The normalized spacial score (nSPS) is 16.4. The first-order valence-corrected chi connectivity index (χ1v) is 15.3. The Labute approximate surface area is 278 Å². The third-order valence-electron chi connectivity index (χ3n) is 8.09. The van der Waals surface area contributed by atoms with Gasteiger partial charge in [-0.05, 0) is 60.2 Å². The van der Waals surface area contributed by atoms with Gasteiger partial charge in [0.2, 0.25) is 5.75 Å². The van der Waals surface area contributed by atoms with Crippen LogP contribution in [0.1, 0.15) is 45.7 Å². The fourth-order valence-corrected chi connectivity index (χ4v) is 5.64. The van der Waals surface area contributed by atoms with Crippen molar-refractivity contribution in [2.75, 3.05) is 54.1 Å². The number of anilines is 1. The van der Waals surface area contributed by atoms with E-state index in [1.54, 1.807) is 41.6 Å². The van der Waals surface area contributed by atoms with Gasteiger partial charge in [0.25, 0.3) is 5.91 Å². The lowest BCUT2D eigenvalue weighted by molar-refractivity contribution is 0.0853. The number of amides is 1. The number of hydrogen-bond acceptors (Lipinski definition) is 11. The maximum absolute atomic E-state index is 12.6. The molecule has 2 unspecified atom stereocenters. The Morgan fingerprint density at radius 2 is 1.35 bits per heavy atom. The first kappa shape index (κ1) is 32.2. The summed E-state index contributed by atoms with van der Waals surface area (Å²) in [5.74, 6) is 3.64. The van der Waals surface area contributed by atoms with Gasteiger partial charge in [0, 0.05) is 23.2 Å². The fraction of sp³-hybridized carbons (Fsp3) is 0.278. The van der Waals surface area contributed by atoms with Gasteiger partial charge in [-0.3, -0.25) is 4.79 Å². The standard InChI is InChI=1S/C36H37N3O9/c1-41-27-12-10-21(26-20-29(48-39-26)23-18-32(43-3)34(45-5)33(19-23)44-4)16-31(27)47-15-14-46-28-13-11-22(17-30(28)42-2)35-37-25-9-7-6-8-24(25)36(40)38-35/h6-13,16-19,29,35,37H,14-15,20H2,1-5H3,(H,38,40). The predicted molar refractivity (Wildman–Crippen MR) is 178 cm³/mol. The van der Waals surface area contributed by atoms with Crippen molar-refractivity contribution in [1.29, 1.82) is 0 Å². The fourth-order valence-electron chi connectivity index (χ4n) is 5.64. The summed E-state index contributed by atoms with van der Waals surface area (Å²) in [6.07, 6.45) is -0.225. The molecule has 0 spiro atoms. The van der Waals surface area contributed by atoms with Crippen molar-refractivity contribution < 1.29 is 42.8 Å². The molecule has 12 heteroatoms. The van der Waals surface area contributed by atoms with E-state index in [9.17, 15) is 4.79 Å². The molecular formula is C36H37N3O9. The molecule has 2 aliphatic rings. The molecule has 4 aromatic rings. The van der Waals surface area contributed by atoms with Crippen LogP contribution in [0, 0.1) is 0 Å². The largest absolute Gasteiger partial charge is 0.493 e. The summed E-state index contributed by atoms with van der Waals surface area (Å²) in [6, 6.07) is 22.3. The minimum atomic E-state index is -0.412. The molecule has 250 valence electrons. The van der Waals surface area contributed by atoms with Crippen LogP contribution in [0.2, 0.25) is 0 Å². The monoisotopic (exact) mass is 655 g/mol. The van der Waals surface area contributed by atoms with Crippen LogP contribution in [0.15, 0.2) is 78.0 Å². The van der Waals surface area contributed by atoms with Gasteiger partial charge in [-0.2, -0.15) is 0 Å². The van der Waals surface area contributed by atoms with E-state index in [0.29, 0.717) is 52.2 Å². The molecule has 0 aromatic heterocycles. The molecule has 12 nitrogen and oxygen atoms in total. The summed E-state index contributed by atoms with van der Waals surface area (Å²) >= 11 is 0. The van der Waals surface area contributed by atoms with E-state index in [1.165, 1.54) is 0 Å². The first-order chi connectivity index (χ1) is 23.5. The zero-order valence-electron chi connectivity index (χ0n) is 27.3. The van der Waals surface area contributed by atoms with Crippen LogP contribution < -0.4 is 43.8 Å². The number of oxime groups is 1. The Kier molecular flexibility index (Phi) is 9.60. The number of carbonyl (C=O) groups excluding carboxylic acids is 1. The quantitative estimate of drug-likeness (QED) is 0.168. The van der Waals surface area contributed by atoms with Crippen molar-refractivity contribution in [3.8, 4) is 40.2 Å². The van der Waals surface area contributed by atoms with E-state index in [1.807, 2.05) is 66.7 Å². The van der Waals surface area contributed by atoms with E-state index in [0.717, 1.165) is 28.1 Å². The van der Waals surface area contributed by atoms with Gasteiger partial charge >= 0.3 is 0 Å². The van der Waals surface area contributed by atoms with Crippen molar-refractivity contribution in [2.24, 2.45) is 5.16 Å². The lowest BCUT2D eigenvalue weighted by atomic mass is 9.99. The third kappa shape index (κ3) is 6.55. The van der Waals surface area contributed by atoms with E-state index in [2.05, 4.69) is 15.8 Å². The minimum Gasteiger partial charge on any atom is -0.493 e. The molecule has 0 radical (unpaired) electrons. The zero-order valence-corrected chi connectivity index (χ0v) is 27.3. The molecule has 2 heterocycles. The molecule has 0 saturated carbocycles. The number of carbonyl (C=O) groups is 1. The highest BCUT2D eigenvalue weighted by molar-refractivity contribution is 6.02. The number of nitrogens with zero attached hydrogens (tertiary/aromatic N) is 1. The number of benzene rings is 4. The molecule has 2 N–H and O–H groups in total. The second-order valence-corrected chi connectivity index (χ2v) is 10.9. The maximum atomic E-state index is 12.6. The van der Waals surface area contributed by atoms with Gasteiger partial charge in [-0.1, -0.05) is 23.4 Å². The number of methoxy groups -OCH3 is 5. The Hall–Kier alpha value is -5.78. The first-order valence-electron chi connectivity index (χ1n) is 15.3. The van der Waals surface area contributed by atoms with E-state index < -0.39 is 6.17 Å². The molecule has 6 rings (SSSR count). The average Bonchev–Trinajstić information content (AvgIpc) is 3.63. The number of nitrogens with one attached hydrogen (secondary N) is 2. The van der Waals surface area contributed by atoms with Crippen LogP contribution in [0.5, 0.6) is 40.2 Å². The lowest BCUT2D eigenvalue weighted by Gasteiger charge is -2.28. The maximum Gasteiger partial charge on any atom is 0.255 e. The summed E-state index contributed by atoms with van der Waals surface area (Å²) in [4.78, 5) is 18.4. The van der Waals surface area contributed by atoms with Gasteiger partial charge < -0.3 is 48.6 Å². The van der Waals surface area contributed by atoms with Crippen molar-refractivity contribution in [1.82, 2.24) is 5.32 Å². The second-order valence-electron chi connectivity index (χ2n) is 10.9. The summed E-state index contributed by atoms with van der Waals surface area (Å²) in [6.45, 7) is 0.473. The van der Waals surface area contributed by atoms with Crippen molar-refractivity contribution >= 4 is 17.3 Å². The van der Waals surface area contributed by atoms with Crippen LogP contribution in [-0.2, 0) is 4.84 Å². The third-order valence-corrected chi connectivity index (χ3v) is 8.09.